The molecule has 17 heavy (non-hydrogen) atoms. The predicted octanol–water partition coefficient (Wildman–Crippen LogP) is 3.32. The fraction of sp³-hybridized carbons (Fsp3) is 0.455. The van der Waals surface area contributed by atoms with E-state index in [4.69, 9.17) is 13.3 Å². The second-order valence-electron chi connectivity index (χ2n) is 3.54. The maximum atomic E-state index is 5.40. The van der Waals surface area contributed by atoms with Crippen LogP contribution in [-0.2, 0) is 19.7 Å². The molecule has 96 valence electrons. The lowest BCUT2D eigenvalue weighted by atomic mass is 10.2. The summed E-state index contributed by atoms with van der Waals surface area (Å²) >= 11 is 4.68. The van der Waals surface area contributed by atoms with Crippen molar-refractivity contribution >= 4 is 54.0 Å². The van der Waals surface area contributed by atoms with Gasteiger partial charge in [-0.1, -0.05) is 6.07 Å². The Labute approximate surface area is 131 Å². The van der Waals surface area contributed by atoms with Gasteiger partial charge in [-0.05, 0) is 69.3 Å². The maximum Gasteiger partial charge on any atom is 0.500 e. The first-order chi connectivity index (χ1) is 8.06. The van der Waals surface area contributed by atoms with E-state index >= 15 is 0 Å². The molecule has 0 aliphatic carbocycles. The third-order valence-corrected chi connectivity index (χ3v) is 8.23. The average molecular weight is 478 g/mol. The highest BCUT2D eigenvalue weighted by atomic mass is 127. The largest absolute Gasteiger partial charge is 0.500 e. The standard InChI is InChI=1S/C11H16I2O3Si/c1-14-17(15-2,16-3)7-6-9-4-5-10(12)11(13)8-9/h4-5,8H,6-7H2,1-3H3. The lowest BCUT2D eigenvalue weighted by Gasteiger charge is -2.24. The molecule has 0 saturated carbocycles. The van der Waals surface area contributed by atoms with E-state index in [0.29, 0.717) is 0 Å². The number of rotatable bonds is 6. The second kappa shape index (κ2) is 7.39. The van der Waals surface area contributed by atoms with E-state index in [1.807, 2.05) is 0 Å². The third-order valence-electron chi connectivity index (χ3n) is 2.64. The summed E-state index contributed by atoms with van der Waals surface area (Å²) in [6.45, 7) is 0. The van der Waals surface area contributed by atoms with Gasteiger partial charge in [0, 0.05) is 34.5 Å². The summed E-state index contributed by atoms with van der Waals surface area (Å²) in [6, 6.07) is 7.27. The van der Waals surface area contributed by atoms with E-state index in [1.54, 1.807) is 21.3 Å². The number of benzene rings is 1. The van der Waals surface area contributed by atoms with Gasteiger partial charge in [-0.15, -0.1) is 0 Å². The van der Waals surface area contributed by atoms with Crippen LogP contribution in [0.1, 0.15) is 5.56 Å². The number of hydrogen-bond donors (Lipinski definition) is 0. The average Bonchev–Trinajstić information content (AvgIpc) is 2.36. The van der Waals surface area contributed by atoms with Gasteiger partial charge in [0.05, 0.1) is 0 Å². The van der Waals surface area contributed by atoms with Crippen LogP contribution in [0, 0.1) is 7.14 Å². The second-order valence-corrected chi connectivity index (χ2v) is 8.96. The number of halogens is 2. The Morgan fingerprint density at radius 1 is 1.00 bits per heavy atom. The summed E-state index contributed by atoms with van der Waals surface area (Å²) < 4.78 is 18.8. The van der Waals surface area contributed by atoms with Gasteiger partial charge < -0.3 is 13.3 Å². The lowest BCUT2D eigenvalue weighted by Crippen LogP contribution is -2.43. The van der Waals surface area contributed by atoms with Crippen molar-refractivity contribution in [1.29, 1.82) is 0 Å². The quantitative estimate of drug-likeness (QED) is 0.464. The van der Waals surface area contributed by atoms with Gasteiger partial charge >= 0.3 is 8.80 Å². The zero-order valence-corrected chi connectivity index (χ0v) is 15.4. The zero-order chi connectivity index (χ0) is 12.9. The summed E-state index contributed by atoms with van der Waals surface area (Å²) in [6.07, 6.45) is 0.911. The van der Waals surface area contributed by atoms with Crippen LogP contribution in [0.15, 0.2) is 18.2 Å². The molecule has 0 radical (unpaired) electrons. The van der Waals surface area contributed by atoms with Crippen LogP contribution < -0.4 is 0 Å². The van der Waals surface area contributed by atoms with Gasteiger partial charge in [-0.2, -0.15) is 0 Å². The van der Waals surface area contributed by atoms with E-state index in [2.05, 4.69) is 63.4 Å². The van der Waals surface area contributed by atoms with E-state index < -0.39 is 8.80 Å². The highest BCUT2D eigenvalue weighted by Gasteiger charge is 2.37. The van der Waals surface area contributed by atoms with Crippen LogP contribution in [0.25, 0.3) is 0 Å². The molecule has 0 saturated heterocycles. The van der Waals surface area contributed by atoms with Crippen molar-refractivity contribution < 1.29 is 13.3 Å². The Morgan fingerprint density at radius 2 is 1.59 bits per heavy atom. The third kappa shape index (κ3) is 4.42. The van der Waals surface area contributed by atoms with Crippen LogP contribution in [0.2, 0.25) is 6.04 Å². The Kier molecular flexibility index (Phi) is 6.88. The molecule has 0 aliphatic heterocycles. The van der Waals surface area contributed by atoms with Crippen LogP contribution in [-0.4, -0.2) is 30.1 Å². The minimum Gasteiger partial charge on any atom is -0.377 e. The van der Waals surface area contributed by atoms with Crippen LogP contribution >= 0.6 is 45.2 Å². The van der Waals surface area contributed by atoms with Crippen molar-refractivity contribution in [2.75, 3.05) is 21.3 Å². The smallest absolute Gasteiger partial charge is 0.377 e. The molecule has 0 spiro atoms. The molecule has 0 aliphatic rings. The molecular formula is C11H16I2O3Si. The summed E-state index contributed by atoms with van der Waals surface area (Å²) in [5.74, 6) is 0. The van der Waals surface area contributed by atoms with Gasteiger partial charge in [0.15, 0.2) is 0 Å². The van der Waals surface area contributed by atoms with Crippen molar-refractivity contribution in [2.45, 2.75) is 12.5 Å². The first kappa shape index (κ1) is 15.8. The van der Waals surface area contributed by atoms with Crippen LogP contribution in [0.5, 0.6) is 0 Å². The summed E-state index contributed by atoms with van der Waals surface area (Å²) in [4.78, 5) is 0. The Morgan fingerprint density at radius 3 is 2.06 bits per heavy atom. The molecule has 0 N–H and O–H groups in total. The molecule has 1 rings (SSSR count). The minimum absolute atomic E-state index is 0.799. The topological polar surface area (TPSA) is 27.7 Å². The monoisotopic (exact) mass is 478 g/mol. The normalized spacial score (nSPS) is 11.8. The molecule has 0 aromatic heterocycles. The SMILES string of the molecule is CO[Si](CCc1ccc(I)c(I)c1)(OC)OC. The summed E-state index contributed by atoms with van der Waals surface area (Å²) in [5, 5.41) is 0. The minimum atomic E-state index is -2.44. The number of aryl methyl sites for hydroxylation is 1. The molecule has 6 heteroatoms. The van der Waals surface area contributed by atoms with Crippen LogP contribution in [0.4, 0.5) is 0 Å². The summed E-state index contributed by atoms with van der Waals surface area (Å²) in [7, 11) is 2.51. The van der Waals surface area contributed by atoms with Gasteiger partial charge in [0.2, 0.25) is 0 Å². The highest BCUT2D eigenvalue weighted by molar-refractivity contribution is 14.1. The molecular weight excluding hydrogens is 462 g/mol. The van der Waals surface area contributed by atoms with E-state index in [9.17, 15) is 0 Å². The Balaban J connectivity index is 2.68. The van der Waals surface area contributed by atoms with Crippen molar-refractivity contribution in [3.05, 3.63) is 30.9 Å². The highest BCUT2D eigenvalue weighted by Crippen LogP contribution is 2.20. The van der Waals surface area contributed by atoms with Crippen LogP contribution in [0.3, 0.4) is 0 Å². The predicted molar refractivity (Wildman–Crippen MR) is 87.2 cm³/mol. The van der Waals surface area contributed by atoms with Crippen molar-refractivity contribution in [1.82, 2.24) is 0 Å². The molecule has 0 unspecified atom stereocenters. The van der Waals surface area contributed by atoms with E-state index in [0.717, 1.165) is 12.5 Å². The van der Waals surface area contributed by atoms with E-state index in [1.165, 1.54) is 12.7 Å². The van der Waals surface area contributed by atoms with Gasteiger partial charge in [-0.3, -0.25) is 0 Å². The van der Waals surface area contributed by atoms with Crippen molar-refractivity contribution in [3.8, 4) is 0 Å². The molecule has 0 fully saturated rings. The van der Waals surface area contributed by atoms with Crippen molar-refractivity contribution in [3.63, 3.8) is 0 Å². The molecule has 1 aromatic rings. The Hall–Kier alpha value is 0.777. The molecule has 0 heterocycles. The van der Waals surface area contributed by atoms with Gasteiger partial charge in [0.25, 0.3) is 0 Å². The fourth-order valence-corrected chi connectivity index (χ4v) is 4.17. The molecule has 1 aromatic carbocycles. The molecule has 0 atom stereocenters. The van der Waals surface area contributed by atoms with E-state index in [-0.39, 0.29) is 0 Å². The molecule has 3 nitrogen and oxygen atoms in total. The first-order valence-electron chi connectivity index (χ1n) is 5.16. The maximum absolute atomic E-state index is 5.40. The van der Waals surface area contributed by atoms with Gasteiger partial charge in [-0.25, -0.2) is 0 Å². The molecule has 0 bridgehead atoms. The molecule has 0 amide bonds. The van der Waals surface area contributed by atoms with Crippen molar-refractivity contribution in [2.24, 2.45) is 0 Å². The lowest BCUT2D eigenvalue weighted by molar-refractivity contribution is 0.123. The first-order valence-corrected chi connectivity index (χ1v) is 9.25. The fourth-order valence-electron chi connectivity index (χ4n) is 1.55. The zero-order valence-electron chi connectivity index (χ0n) is 10.1. The summed E-state index contributed by atoms with van der Waals surface area (Å²) in [5.41, 5.74) is 1.29. The van der Waals surface area contributed by atoms with Gasteiger partial charge in [0.1, 0.15) is 0 Å². The number of hydrogen-bond acceptors (Lipinski definition) is 3. The Bertz CT molecular complexity index is 361.